The van der Waals surface area contributed by atoms with Crippen molar-refractivity contribution in [2.24, 2.45) is 0 Å². The molecule has 1 aromatic carbocycles. The maximum absolute atomic E-state index is 9.39. The zero-order valence-electron chi connectivity index (χ0n) is 6.28. The lowest BCUT2D eigenvalue weighted by molar-refractivity contribution is 0.471. The zero-order valence-corrected chi connectivity index (χ0v) is 8.62. The average Bonchev–Trinajstić information content (AvgIpc) is 1.97. The van der Waals surface area contributed by atoms with Crippen molar-refractivity contribution in [2.45, 2.75) is 13.8 Å². The number of halogens is 2. The van der Waals surface area contributed by atoms with Gasteiger partial charge >= 0.3 is 0 Å². The molecule has 0 aliphatic rings. The molecule has 60 valence electrons. The quantitative estimate of drug-likeness (QED) is 0.730. The van der Waals surface area contributed by atoms with Gasteiger partial charge in [-0.3, -0.25) is 0 Å². The van der Waals surface area contributed by atoms with Gasteiger partial charge in [0.05, 0.1) is 9.50 Å². The maximum atomic E-state index is 9.39. The summed E-state index contributed by atoms with van der Waals surface area (Å²) in [6, 6.07) is 1.92. The monoisotopic (exact) mass is 234 g/mol. The number of phenols is 1. The molecular weight excluding hydrogens is 227 g/mol. The van der Waals surface area contributed by atoms with E-state index in [1.807, 2.05) is 19.9 Å². The van der Waals surface area contributed by atoms with E-state index in [9.17, 15) is 5.11 Å². The van der Waals surface area contributed by atoms with Crippen molar-refractivity contribution in [1.29, 1.82) is 0 Å². The fraction of sp³-hybridized carbons (Fsp3) is 0.250. The van der Waals surface area contributed by atoms with Gasteiger partial charge in [0.25, 0.3) is 0 Å². The molecule has 0 amide bonds. The Labute approximate surface area is 79.1 Å². The van der Waals surface area contributed by atoms with Gasteiger partial charge in [-0.2, -0.15) is 0 Å². The lowest BCUT2D eigenvalue weighted by Crippen LogP contribution is -1.82. The van der Waals surface area contributed by atoms with Gasteiger partial charge < -0.3 is 5.11 Å². The SMILES string of the molecule is Cc1cc(C)c(Br)c(O)c1Cl. The predicted octanol–water partition coefficient (Wildman–Crippen LogP) is 3.42. The third-order valence-corrected chi connectivity index (χ3v) is 3.02. The Morgan fingerprint density at radius 2 is 1.91 bits per heavy atom. The first-order valence-electron chi connectivity index (χ1n) is 3.18. The molecule has 0 saturated heterocycles. The molecule has 1 nitrogen and oxygen atoms in total. The van der Waals surface area contributed by atoms with E-state index in [4.69, 9.17) is 11.6 Å². The Hall–Kier alpha value is -0.210. The number of benzene rings is 1. The van der Waals surface area contributed by atoms with Gasteiger partial charge in [-0.05, 0) is 40.9 Å². The van der Waals surface area contributed by atoms with Crippen LogP contribution in [0.5, 0.6) is 5.75 Å². The first-order chi connectivity index (χ1) is 5.04. The van der Waals surface area contributed by atoms with Crippen molar-refractivity contribution in [2.75, 3.05) is 0 Å². The lowest BCUT2D eigenvalue weighted by Gasteiger charge is -2.05. The molecule has 0 aliphatic carbocycles. The Kier molecular flexibility index (Phi) is 2.45. The summed E-state index contributed by atoms with van der Waals surface area (Å²) in [6.45, 7) is 3.77. The summed E-state index contributed by atoms with van der Waals surface area (Å²) >= 11 is 9.00. The highest BCUT2D eigenvalue weighted by Gasteiger charge is 2.08. The topological polar surface area (TPSA) is 20.2 Å². The third-order valence-electron chi connectivity index (χ3n) is 1.54. The Morgan fingerprint density at radius 3 is 2.45 bits per heavy atom. The van der Waals surface area contributed by atoms with E-state index >= 15 is 0 Å². The molecule has 0 unspecified atom stereocenters. The summed E-state index contributed by atoms with van der Waals surface area (Å²) in [7, 11) is 0. The van der Waals surface area contributed by atoms with Crippen molar-refractivity contribution in [3.63, 3.8) is 0 Å². The molecule has 0 spiro atoms. The van der Waals surface area contributed by atoms with Gasteiger partial charge in [-0.25, -0.2) is 0 Å². The molecule has 0 aromatic heterocycles. The van der Waals surface area contributed by atoms with Crippen LogP contribution >= 0.6 is 27.5 Å². The van der Waals surface area contributed by atoms with Crippen LogP contribution in [0.2, 0.25) is 5.02 Å². The van der Waals surface area contributed by atoms with E-state index < -0.39 is 0 Å². The summed E-state index contributed by atoms with van der Waals surface area (Å²) in [5.41, 5.74) is 1.88. The Morgan fingerprint density at radius 1 is 1.36 bits per heavy atom. The summed E-state index contributed by atoms with van der Waals surface area (Å²) in [4.78, 5) is 0. The average molecular weight is 236 g/mol. The molecule has 1 aromatic rings. The van der Waals surface area contributed by atoms with E-state index in [1.165, 1.54) is 0 Å². The molecule has 0 heterocycles. The summed E-state index contributed by atoms with van der Waals surface area (Å²) in [5.74, 6) is 0.129. The minimum atomic E-state index is 0.129. The van der Waals surface area contributed by atoms with Crippen molar-refractivity contribution >= 4 is 27.5 Å². The largest absolute Gasteiger partial charge is 0.505 e. The second kappa shape index (κ2) is 3.03. The van der Waals surface area contributed by atoms with Gasteiger partial charge in [0.2, 0.25) is 0 Å². The number of hydrogen-bond acceptors (Lipinski definition) is 1. The van der Waals surface area contributed by atoms with E-state index in [1.54, 1.807) is 0 Å². The molecule has 0 radical (unpaired) electrons. The third kappa shape index (κ3) is 1.52. The van der Waals surface area contributed by atoms with Crippen LogP contribution in [0.3, 0.4) is 0 Å². The lowest BCUT2D eigenvalue weighted by atomic mass is 10.1. The van der Waals surface area contributed by atoms with Crippen LogP contribution in [0.15, 0.2) is 10.5 Å². The molecule has 0 fully saturated rings. The molecule has 0 aliphatic heterocycles. The normalized spacial score (nSPS) is 10.2. The summed E-state index contributed by atoms with van der Waals surface area (Å²) < 4.78 is 0.674. The summed E-state index contributed by atoms with van der Waals surface area (Å²) in [5, 5.41) is 9.81. The van der Waals surface area contributed by atoms with E-state index in [-0.39, 0.29) is 5.75 Å². The molecule has 0 atom stereocenters. The molecule has 11 heavy (non-hydrogen) atoms. The van der Waals surface area contributed by atoms with Crippen LogP contribution < -0.4 is 0 Å². The molecule has 3 heteroatoms. The highest BCUT2D eigenvalue weighted by molar-refractivity contribution is 9.10. The molecule has 0 saturated carbocycles. The second-order valence-electron chi connectivity index (χ2n) is 2.49. The predicted molar refractivity (Wildman–Crippen MR) is 50.3 cm³/mol. The number of rotatable bonds is 0. The Balaban J connectivity index is 3.46. The molecule has 0 bridgehead atoms. The Bertz CT molecular complexity index is 270. The van der Waals surface area contributed by atoms with Gasteiger partial charge in [0.15, 0.2) is 0 Å². The van der Waals surface area contributed by atoms with Crippen LogP contribution in [-0.4, -0.2) is 5.11 Å². The standard InChI is InChI=1S/C8H8BrClO/c1-4-3-5(2)7(10)8(11)6(4)9/h3,11H,1-2H3. The minimum absolute atomic E-state index is 0.129. The van der Waals surface area contributed by atoms with Crippen LogP contribution in [0, 0.1) is 13.8 Å². The minimum Gasteiger partial charge on any atom is -0.505 e. The first kappa shape index (κ1) is 8.88. The summed E-state index contributed by atoms with van der Waals surface area (Å²) in [6.07, 6.45) is 0. The maximum Gasteiger partial charge on any atom is 0.148 e. The second-order valence-corrected chi connectivity index (χ2v) is 3.66. The fourth-order valence-electron chi connectivity index (χ4n) is 0.921. The number of hydrogen-bond donors (Lipinski definition) is 1. The van der Waals surface area contributed by atoms with Gasteiger partial charge in [0.1, 0.15) is 5.75 Å². The number of phenolic OH excluding ortho intramolecular Hbond substituents is 1. The van der Waals surface area contributed by atoms with Crippen LogP contribution in [0.4, 0.5) is 0 Å². The van der Waals surface area contributed by atoms with Crippen LogP contribution in [0.25, 0.3) is 0 Å². The smallest absolute Gasteiger partial charge is 0.148 e. The van der Waals surface area contributed by atoms with E-state index in [0.29, 0.717) is 9.50 Å². The van der Waals surface area contributed by atoms with Crippen LogP contribution in [0.1, 0.15) is 11.1 Å². The zero-order chi connectivity index (χ0) is 8.59. The highest BCUT2D eigenvalue weighted by Crippen LogP contribution is 2.36. The van der Waals surface area contributed by atoms with Gasteiger partial charge in [-0.1, -0.05) is 17.7 Å². The van der Waals surface area contributed by atoms with Crippen molar-refractivity contribution in [3.05, 3.63) is 26.7 Å². The number of aromatic hydroxyl groups is 1. The van der Waals surface area contributed by atoms with Gasteiger partial charge in [-0.15, -0.1) is 0 Å². The van der Waals surface area contributed by atoms with Crippen LogP contribution in [-0.2, 0) is 0 Å². The highest BCUT2D eigenvalue weighted by atomic mass is 79.9. The van der Waals surface area contributed by atoms with Crippen molar-refractivity contribution in [3.8, 4) is 5.75 Å². The van der Waals surface area contributed by atoms with Crippen molar-refractivity contribution < 1.29 is 5.11 Å². The fourth-order valence-corrected chi connectivity index (χ4v) is 1.50. The number of aryl methyl sites for hydroxylation is 2. The molecule has 1 rings (SSSR count). The first-order valence-corrected chi connectivity index (χ1v) is 4.35. The molecule has 1 N–H and O–H groups in total. The van der Waals surface area contributed by atoms with Crippen molar-refractivity contribution in [1.82, 2.24) is 0 Å². The van der Waals surface area contributed by atoms with E-state index in [0.717, 1.165) is 11.1 Å². The van der Waals surface area contributed by atoms with E-state index in [2.05, 4.69) is 15.9 Å². The molecular formula is C8H8BrClO. The van der Waals surface area contributed by atoms with Gasteiger partial charge in [0, 0.05) is 0 Å².